The summed E-state index contributed by atoms with van der Waals surface area (Å²) in [7, 11) is 1.96. The fourth-order valence-electron chi connectivity index (χ4n) is 5.00. The first-order valence-electron chi connectivity index (χ1n) is 12.6. The molecule has 1 aromatic rings. The van der Waals surface area contributed by atoms with E-state index in [0.717, 1.165) is 24.5 Å². The number of carbonyl (C=O) groups is 5. The molecular weight excluding hydrogens is 496 g/mol. The lowest BCUT2D eigenvalue weighted by atomic mass is 9.87. The van der Waals surface area contributed by atoms with E-state index in [1.54, 1.807) is 24.3 Å². The van der Waals surface area contributed by atoms with Gasteiger partial charge in [-0.3, -0.25) is 28.9 Å². The first kappa shape index (κ1) is 28.6. The monoisotopic (exact) mass is 532 g/mol. The number of Topliss-reactive ketones (excluding diaryl/α,β-unsaturated/α-hetero) is 4. The van der Waals surface area contributed by atoms with Crippen LogP contribution in [0, 0.1) is 5.92 Å². The SMILES string of the molecule is CCCC(CC(=O)[C@@H]1CC2(CN1C)SCCS2)C(=O)C(=O)CCC(=O)N[C@H](C(C)=O)c1ccccc1. The van der Waals surface area contributed by atoms with Crippen molar-refractivity contribution in [2.75, 3.05) is 25.1 Å². The summed E-state index contributed by atoms with van der Waals surface area (Å²) in [5, 5.41) is 2.66. The number of likely N-dealkylation sites (N-methyl/N-ethyl adjacent to an activating group) is 1. The van der Waals surface area contributed by atoms with E-state index in [0.29, 0.717) is 18.4 Å². The fraction of sp³-hybridized carbons (Fsp3) is 0.593. The summed E-state index contributed by atoms with van der Waals surface area (Å²) in [6.45, 7) is 4.17. The highest BCUT2D eigenvalue weighted by Gasteiger charge is 2.48. The van der Waals surface area contributed by atoms with Gasteiger partial charge in [0.1, 0.15) is 6.04 Å². The van der Waals surface area contributed by atoms with Crippen LogP contribution in [0.15, 0.2) is 30.3 Å². The summed E-state index contributed by atoms with van der Waals surface area (Å²) in [5.74, 6) is -0.321. The van der Waals surface area contributed by atoms with E-state index in [2.05, 4.69) is 10.2 Å². The molecule has 196 valence electrons. The Labute approximate surface area is 221 Å². The first-order chi connectivity index (χ1) is 17.2. The van der Waals surface area contributed by atoms with E-state index in [9.17, 15) is 24.0 Å². The minimum atomic E-state index is -0.794. The second kappa shape index (κ2) is 13.0. The van der Waals surface area contributed by atoms with Crippen LogP contribution in [0.2, 0.25) is 0 Å². The van der Waals surface area contributed by atoms with Crippen molar-refractivity contribution in [3.63, 3.8) is 0 Å². The maximum atomic E-state index is 13.2. The summed E-state index contributed by atoms with van der Waals surface area (Å²) < 4.78 is 0.0694. The van der Waals surface area contributed by atoms with Crippen molar-refractivity contribution in [1.29, 1.82) is 0 Å². The highest BCUT2D eigenvalue weighted by Crippen LogP contribution is 2.51. The third-order valence-corrected chi connectivity index (χ3v) is 10.3. The Hall–Kier alpha value is -1.97. The lowest BCUT2D eigenvalue weighted by molar-refractivity contribution is -0.141. The Kier molecular flexibility index (Phi) is 10.3. The zero-order valence-corrected chi connectivity index (χ0v) is 22.9. The highest BCUT2D eigenvalue weighted by molar-refractivity contribution is 8.21. The molecule has 0 aliphatic carbocycles. The van der Waals surface area contributed by atoms with E-state index in [-0.39, 0.29) is 40.9 Å². The van der Waals surface area contributed by atoms with Crippen molar-refractivity contribution in [2.45, 2.75) is 68.5 Å². The number of hydrogen-bond donors (Lipinski definition) is 1. The predicted octanol–water partition coefficient (Wildman–Crippen LogP) is 3.61. The number of nitrogens with zero attached hydrogens (tertiary/aromatic N) is 1. The second-order valence-corrected chi connectivity index (χ2v) is 12.9. The van der Waals surface area contributed by atoms with Crippen molar-refractivity contribution in [2.24, 2.45) is 5.92 Å². The smallest absolute Gasteiger partial charge is 0.221 e. The van der Waals surface area contributed by atoms with Crippen molar-refractivity contribution >= 4 is 52.6 Å². The Balaban J connectivity index is 1.54. The van der Waals surface area contributed by atoms with Crippen molar-refractivity contribution < 1.29 is 24.0 Å². The van der Waals surface area contributed by atoms with Crippen LogP contribution in [0.5, 0.6) is 0 Å². The van der Waals surface area contributed by atoms with Crippen molar-refractivity contribution in [1.82, 2.24) is 10.2 Å². The summed E-state index contributed by atoms with van der Waals surface area (Å²) in [5.41, 5.74) is 0.662. The van der Waals surface area contributed by atoms with Gasteiger partial charge in [0.2, 0.25) is 11.7 Å². The maximum Gasteiger partial charge on any atom is 0.221 e. The van der Waals surface area contributed by atoms with Gasteiger partial charge < -0.3 is 5.32 Å². The van der Waals surface area contributed by atoms with E-state index in [1.165, 1.54) is 6.92 Å². The molecule has 1 aromatic carbocycles. The first-order valence-corrected chi connectivity index (χ1v) is 14.6. The highest BCUT2D eigenvalue weighted by atomic mass is 32.2. The van der Waals surface area contributed by atoms with Crippen LogP contribution in [0.1, 0.15) is 64.0 Å². The number of rotatable bonds is 13. The number of thioether (sulfide) groups is 2. The van der Waals surface area contributed by atoms with Gasteiger partial charge in [-0.2, -0.15) is 0 Å². The lowest BCUT2D eigenvalue weighted by Gasteiger charge is -2.20. The van der Waals surface area contributed by atoms with Crippen LogP contribution in [0.3, 0.4) is 0 Å². The van der Waals surface area contributed by atoms with Crippen molar-refractivity contribution in [3.8, 4) is 0 Å². The third kappa shape index (κ3) is 7.29. The van der Waals surface area contributed by atoms with Crippen molar-refractivity contribution in [3.05, 3.63) is 35.9 Å². The summed E-state index contributed by atoms with van der Waals surface area (Å²) in [6.07, 6.45) is 1.57. The van der Waals surface area contributed by atoms with Crippen LogP contribution < -0.4 is 5.32 Å². The molecule has 36 heavy (non-hydrogen) atoms. The Bertz CT molecular complexity index is 978. The van der Waals surface area contributed by atoms with Gasteiger partial charge in [0.15, 0.2) is 17.3 Å². The van der Waals surface area contributed by atoms with Gasteiger partial charge in [-0.25, -0.2) is 0 Å². The normalized spacial score (nSPS) is 20.7. The Morgan fingerprint density at radius 3 is 2.36 bits per heavy atom. The molecule has 0 bridgehead atoms. The van der Waals surface area contributed by atoms with Gasteiger partial charge in [-0.05, 0) is 32.4 Å². The molecule has 1 spiro atoms. The molecule has 2 fully saturated rings. The average Bonchev–Trinajstić information content (AvgIpc) is 3.45. The molecule has 1 amide bonds. The minimum Gasteiger partial charge on any atom is -0.342 e. The van der Waals surface area contributed by atoms with Crippen LogP contribution in [-0.2, 0) is 24.0 Å². The van der Waals surface area contributed by atoms with Gasteiger partial charge in [-0.1, -0.05) is 43.7 Å². The topological polar surface area (TPSA) is 101 Å². The van der Waals surface area contributed by atoms with Crippen LogP contribution in [0.4, 0.5) is 0 Å². The molecule has 3 atom stereocenters. The Morgan fingerprint density at radius 1 is 1.08 bits per heavy atom. The van der Waals surface area contributed by atoms with Gasteiger partial charge in [-0.15, -0.1) is 23.5 Å². The molecule has 3 rings (SSSR count). The minimum absolute atomic E-state index is 0.0204. The second-order valence-electron chi connectivity index (χ2n) is 9.71. The summed E-state index contributed by atoms with van der Waals surface area (Å²) in [6, 6.07) is 7.87. The number of carbonyl (C=O) groups excluding carboxylic acids is 5. The van der Waals surface area contributed by atoms with E-state index in [1.807, 2.05) is 43.6 Å². The number of nitrogens with one attached hydrogen (secondary N) is 1. The van der Waals surface area contributed by atoms with E-state index >= 15 is 0 Å². The number of amides is 1. The molecule has 9 heteroatoms. The quantitative estimate of drug-likeness (QED) is 0.385. The van der Waals surface area contributed by atoms with Crippen LogP contribution in [-0.4, -0.2) is 69.2 Å². The zero-order chi connectivity index (χ0) is 26.3. The number of likely N-dealkylation sites (tertiary alicyclic amines) is 1. The van der Waals surface area contributed by atoms with Gasteiger partial charge >= 0.3 is 0 Å². The largest absolute Gasteiger partial charge is 0.342 e. The molecule has 7 nitrogen and oxygen atoms in total. The van der Waals surface area contributed by atoms with Gasteiger partial charge in [0.05, 0.1) is 10.1 Å². The summed E-state index contributed by atoms with van der Waals surface area (Å²) in [4.78, 5) is 65.4. The number of ketones is 4. The standard InChI is InChI=1S/C27H36N2O5S2/c1-4-8-20(15-23(32)21-16-27(17-29(21)3)35-13-14-36-27)26(34)22(31)11-12-24(33)28-25(18(2)30)19-9-6-5-7-10-19/h5-7,9-10,20-21,25H,4,8,11-17H2,1-3H3,(H,28,33)/t20?,21-,25+/m0/s1. The predicted molar refractivity (Wildman–Crippen MR) is 144 cm³/mol. The number of benzene rings is 1. The number of hydrogen-bond acceptors (Lipinski definition) is 8. The van der Waals surface area contributed by atoms with E-state index < -0.39 is 29.4 Å². The molecule has 1 unspecified atom stereocenters. The molecule has 0 saturated carbocycles. The maximum absolute atomic E-state index is 13.2. The van der Waals surface area contributed by atoms with Gasteiger partial charge in [0.25, 0.3) is 0 Å². The molecule has 2 heterocycles. The Morgan fingerprint density at radius 2 is 1.75 bits per heavy atom. The zero-order valence-electron chi connectivity index (χ0n) is 21.3. The van der Waals surface area contributed by atoms with Crippen LogP contribution >= 0.6 is 23.5 Å². The molecular formula is C27H36N2O5S2. The third-order valence-electron chi connectivity index (χ3n) is 6.87. The molecule has 2 aliphatic heterocycles. The molecule has 2 saturated heterocycles. The van der Waals surface area contributed by atoms with Crippen LogP contribution in [0.25, 0.3) is 0 Å². The molecule has 2 aliphatic rings. The molecule has 0 radical (unpaired) electrons. The fourth-order valence-corrected chi connectivity index (χ4v) is 8.39. The van der Waals surface area contributed by atoms with E-state index in [4.69, 9.17) is 0 Å². The summed E-state index contributed by atoms with van der Waals surface area (Å²) >= 11 is 3.84. The van der Waals surface area contributed by atoms with Gasteiger partial charge in [0, 0.05) is 43.2 Å². The lowest BCUT2D eigenvalue weighted by Crippen LogP contribution is -2.36. The average molecular weight is 533 g/mol. The molecule has 1 N–H and O–H groups in total. The molecule has 0 aromatic heterocycles.